The summed E-state index contributed by atoms with van der Waals surface area (Å²) in [6.45, 7) is 5.92. The number of ether oxygens (including phenoxy) is 1. The van der Waals surface area contributed by atoms with Gasteiger partial charge >= 0.3 is 0 Å². The fraction of sp³-hybridized carbons (Fsp3) is 0.500. The highest BCUT2D eigenvalue weighted by atomic mass is 19.1. The minimum atomic E-state index is -0.508. The van der Waals surface area contributed by atoms with Gasteiger partial charge in [0.15, 0.2) is 5.82 Å². The van der Waals surface area contributed by atoms with Crippen molar-refractivity contribution in [2.45, 2.75) is 38.9 Å². The van der Waals surface area contributed by atoms with Gasteiger partial charge < -0.3 is 14.7 Å². The fourth-order valence-corrected chi connectivity index (χ4v) is 4.20. The van der Waals surface area contributed by atoms with E-state index in [1.54, 1.807) is 18.3 Å². The Labute approximate surface area is 152 Å². The Kier molecular flexibility index (Phi) is 4.53. The molecule has 1 aromatic carbocycles. The van der Waals surface area contributed by atoms with E-state index in [0.717, 1.165) is 30.9 Å². The van der Waals surface area contributed by atoms with E-state index in [2.05, 4.69) is 22.0 Å². The molecule has 6 heteroatoms. The van der Waals surface area contributed by atoms with E-state index in [9.17, 15) is 9.50 Å². The van der Waals surface area contributed by atoms with Crippen LogP contribution in [0, 0.1) is 31.5 Å². The molecule has 1 N–H and O–H groups in total. The average Bonchev–Trinajstić information content (AvgIpc) is 3.02. The van der Waals surface area contributed by atoms with Crippen LogP contribution in [0.5, 0.6) is 5.75 Å². The summed E-state index contributed by atoms with van der Waals surface area (Å²) in [5.41, 5.74) is 2.31. The molecular formula is C20H24FN3O2. The van der Waals surface area contributed by atoms with E-state index in [4.69, 9.17) is 4.74 Å². The lowest BCUT2D eigenvalue weighted by Crippen LogP contribution is -2.42. The van der Waals surface area contributed by atoms with Crippen LogP contribution < -0.4 is 9.64 Å². The summed E-state index contributed by atoms with van der Waals surface area (Å²) < 4.78 is 19.0. The van der Waals surface area contributed by atoms with Crippen molar-refractivity contribution >= 4 is 5.82 Å². The molecule has 0 amide bonds. The van der Waals surface area contributed by atoms with Gasteiger partial charge in [0, 0.05) is 13.1 Å². The first-order valence-corrected chi connectivity index (χ1v) is 9.15. The Hall–Kier alpha value is -2.21. The number of fused-ring (bicyclic) bond motifs is 1. The van der Waals surface area contributed by atoms with Crippen molar-refractivity contribution in [3.8, 4) is 5.75 Å². The Bertz CT molecular complexity index is 783. The second-order valence-electron chi connectivity index (χ2n) is 7.55. The Morgan fingerprint density at radius 2 is 1.81 bits per heavy atom. The number of aryl methyl sites for hydroxylation is 1. The van der Waals surface area contributed by atoms with Crippen molar-refractivity contribution in [2.75, 3.05) is 18.0 Å². The molecule has 0 radical (unpaired) electrons. The normalized spacial score (nSPS) is 28.1. The number of hydrogen-bond donors (Lipinski definition) is 1. The highest BCUT2D eigenvalue weighted by Gasteiger charge is 2.43. The first-order chi connectivity index (χ1) is 12.5. The summed E-state index contributed by atoms with van der Waals surface area (Å²) >= 11 is 0. The van der Waals surface area contributed by atoms with E-state index < -0.39 is 6.10 Å². The van der Waals surface area contributed by atoms with Crippen LogP contribution in [-0.2, 0) is 0 Å². The molecule has 2 aliphatic rings. The molecule has 1 aromatic heterocycles. The maximum absolute atomic E-state index is 13.1. The predicted octanol–water partition coefficient (Wildman–Crippen LogP) is 2.89. The molecule has 26 heavy (non-hydrogen) atoms. The zero-order valence-corrected chi connectivity index (χ0v) is 15.1. The third kappa shape index (κ3) is 3.26. The quantitative estimate of drug-likeness (QED) is 0.915. The zero-order valence-electron chi connectivity index (χ0n) is 15.1. The van der Waals surface area contributed by atoms with Gasteiger partial charge in [0.05, 0.1) is 12.3 Å². The molecule has 138 valence electrons. The fourth-order valence-electron chi connectivity index (χ4n) is 4.20. The lowest BCUT2D eigenvalue weighted by molar-refractivity contribution is -0.0231. The van der Waals surface area contributed by atoms with E-state index in [1.807, 2.05) is 6.92 Å². The first-order valence-electron chi connectivity index (χ1n) is 9.15. The lowest BCUT2D eigenvalue weighted by atomic mass is 9.78. The molecule has 2 fully saturated rings. The maximum atomic E-state index is 13.1. The number of hydrogen-bond acceptors (Lipinski definition) is 5. The van der Waals surface area contributed by atoms with Gasteiger partial charge in [-0.15, -0.1) is 5.10 Å². The minimum absolute atomic E-state index is 0.258. The van der Waals surface area contributed by atoms with Crippen LogP contribution in [0.3, 0.4) is 0 Å². The molecule has 0 bridgehead atoms. The van der Waals surface area contributed by atoms with Crippen LogP contribution in [-0.4, -0.2) is 40.6 Å². The highest BCUT2D eigenvalue weighted by molar-refractivity contribution is 5.49. The number of aliphatic hydroxyl groups is 1. The molecule has 4 rings (SSSR count). The molecule has 4 atom stereocenters. The van der Waals surface area contributed by atoms with Crippen LogP contribution in [0.4, 0.5) is 10.2 Å². The Morgan fingerprint density at radius 3 is 2.54 bits per heavy atom. The standard InChI is InChI=1S/C20H24FN3O2/c1-12-9-22-23-20(13(12)2)24-10-14-7-18(25)19(8-15(14)11-24)26-17-5-3-16(21)4-6-17/h3-6,9,14-15,18-19,25H,7-8,10-11H2,1-2H3/t14-,15+,18+,19+/m0/s1. The summed E-state index contributed by atoms with van der Waals surface area (Å²) in [5, 5.41) is 19.0. The smallest absolute Gasteiger partial charge is 0.154 e. The molecule has 1 saturated carbocycles. The van der Waals surface area contributed by atoms with Crippen LogP contribution in [0.2, 0.25) is 0 Å². The van der Waals surface area contributed by atoms with Crippen molar-refractivity contribution in [3.63, 3.8) is 0 Å². The number of rotatable bonds is 3. The maximum Gasteiger partial charge on any atom is 0.154 e. The van der Waals surface area contributed by atoms with E-state index in [1.165, 1.54) is 17.7 Å². The number of benzene rings is 1. The molecule has 2 heterocycles. The summed E-state index contributed by atoms with van der Waals surface area (Å²) in [5.74, 6) is 2.14. The van der Waals surface area contributed by atoms with Crippen LogP contribution in [0.1, 0.15) is 24.0 Å². The highest BCUT2D eigenvalue weighted by Crippen LogP contribution is 2.39. The predicted molar refractivity (Wildman–Crippen MR) is 96.8 cm³/mol. The molecular weight excluding hydrogens is 333 g/mol. The summed E-state index contributed by atoms with van der Waals surface area (Å²) in [6.07, 6.45) is 2.53. The molecule has 0 spiro atoms. The van der Waals surface area contributed by atoms with Gasteiger partial charge in [0.25, 0.3) is 0 Å². The molecule has 2 aromatic rings. The molecule has 0 unspecified atom stereocenters. The van der Waals surface area contributed by atoms with Gasteiger partial charge in [-0.1, -0.05) is 0 Å². The summed E-state index contributed by atoms with van der Waals surface area (Å²) in [6, 6.07) is 5.98. The average molecular weight is 357 g/mol. The van der Waals surface area contributed by atoms with E-state index >= 15 is 0 Å². The Morgan fingerprint density at radius 1 is 1.12 bits per heavy atom. The van der Waals surface area contributed by atoms with Crippen molar-refractivity contribution < 1.29 is 14.2 Å². The van der Waals surface area contributed by atoms with Crippen molar-refractivity contribution in [2.24, 2.45) is 11.8 Å². The van der Waals surface area contributed by atoms with Crippen molar-refractivity contribution in [3.05, 3.63) is 47.4 Å². The molecule has 1 saturated heterocycles. The van der Waals surface area contributed by atoms with Gasteiger partial charge in [-0.05, 0) is 73.9 Å². The minimum Gasteiger partial charge on any atom is -0.488 e. The van der Waals surface area contributed by atoms with Crippen LogP contribution in [0.25, 0.3) is 0 Å². The summed E-state index contributed by atoms with van der Waals surface area (Å²) in [7, 11) is 0. The molecule has 1 aliphatic carbocycles. The lowest BCUT2D eigenvalue weighted by Gasteiger charge is -2.35. The topological polar surface area (TPSA) is 58.5 Å². The Balaban J connectivity index is 1.46. The molecule has 5 nitrogen and oxygen atoms in total. The number of halogens is 1. The second kappa shape index (κ2) is 6.83. The number of nitrogens with zero attached hydrogens (tertiary/aromatic N) is 3. The molecule has 1 aliphatic heterocycles. The SMILES string of the molecule is Cc1cnnc(N2C[C@H]3C[C@@H](Oc4ccc(F)cc4)[C@H](O)C[C@H]3C2)c1C. The van der Waals surface area contributed by atoms with Gasteiger partial charge in [0.2, 0.25) is 0 Å². The number of aliphatic hydroxyl groups excluding tert-OH is 1. The van der Waals surface area contributed by atoms with Crippen molar-refractivity contribution in [1.29, 1.82) is 0 Å². The third-order valence-corrected chi connectivity index (χ3v) is 5.82. The van der Waals surface area contributed by atoms with Gasteiger partial charge in [-0.3, -0.25) is 0 Å². The first kappa shape index (κ1) is 17.2. The van der Waals surface area contributed by atoms with E-state index in [-0.39, 0.29) is 11.9 Å². The van der Waals surface area contributed by atoms with Gasteiger partial charge in [0.1, 0.15) is 17.7 Å². The number of aromatic nitrogens is 2. The number of anilines is 1. The monoisotopic (exact) mass is 357 g/mol. The summed E-state index contributed by atoms with van der Waals surface area (Å²) in [4.78, 5) is 2.29. The van der Waals surface area contributed by atoms with Crippen LogP contribution in [0.15, 0.2) is 30.5 Å². The largest absolute Gasteiger partial charge is 0.488 e. The van der Waals surface area contributed by atoms with Crippen LogP contribution >= 0.6 is 0 Å². The van der Waals surface area contributed by atoms with Gasteiger partial charge in [-0.25, -0.2) is 4.39 Å². The third-order valence-electron chi connectivity index (χ3n) is 5.82. The zero-order chi connectivity index (χ0) is 18.3. The second-order valence-corrected chi connectivity index (χ2v) is 7.55. The van der Waals surface area contributed by atoms with E-state index in [0.29, 0.717) is 24.0 Å². The van der Waals surface area contributed by atoms with Gasteiger partial charge in [-0.2, -0.15) is 5.10 Å². The van der Waals surface area contributed by atoms with Crippen molar-refractivity contribution in [1.82, 2.24) is 10.2 Å².